The fourth-order valence-electron chi connectivity index (χ4n) is 4.10. The number of amides is 3. The molecule has 3 N–H and O–H groups in total. The Hall–Kier alpha value is -3.96. The molecule has 9 nitrogen and oxygen atoms in total. The summed E-state index contributed by atoms with van der Waals surface area (Å²) in [5.41, 5.74) is 1.01. The highest BCUT2D eigenvalue weighted by Crippen LogP contribution is 2.27. The number of benzene rings is 2. The van der Waals surface area contributed by atoms with Gasteiger partial charge in [0.1, 0.15) is 18.9 Å². The Morgan fingerprint density at radius 1 is 1.08 bits per heavy atom. The molecule has 1 aliphatic heterocycles. The first-order valence-corrected chi connectivity index (χ1v) is 11.4. The van der Waals surface area contributed by atoms with Crippen LogP contribution in [0.3, 0.4) is 0 Å². The van der Waals surface area contributed by atoms with E-state index in [1.165, 1.54) is 9.80 Å². The molecule has 1 fully saturated rings. The molecule has 0 aromatic heterocycles. The number of halogens is 3. The quantitative estimate of drug-likeness (QED) is 0.249. The number of para-hydroxylation sites is 1. The third-order valence-corrected chi connectivity index (χ3v) is 6.05. The average Bonchev–Trinajstić information content (AvgIpc) is 3.65. The molecule has 4 rings (SSSR count). The van der Waals surface area contributed by atoms with Crippen molar-refractivity contribution in [2.75, 3.05) is 18.0 Å². The maximum atomic E-state index is 14.1. The first kappa shape index (κ1) is 25.1. The Bertz CT molecular complexity index is 1200. The van der Waals surface area contributed by atoms with Gasteiger partial charge in [-0.2, -0.15) is 5.11 Å². The van der Waals surface area contributed by atoms with E-state index in [0.29, 0.717) is 23.4 Å². The molecule has 1 atom stereocenters. The van der Waals surface area contributed by atoms with E-state index in [2.05, 4.69) is 15.7 Å². The van der Waals surface area contributed by atoms with Gasteiger partial charge in [0.15, 0.2) is 11.6 Å². The van der Waals surface area contributed by atoms with Gasteiger partial charge >= 0.3 is 0 Å². The smallest absolute Gasteiger partial charge is 0.247 e. The number of nitrogens with one attached hydrogen (secondary N) is 1. The van der Waals surface area contributed by atoms with Crippen molar-refractivity contribution in [2.45, 2.75) is 44.3 Å². The van der Waals surface area contributed by atoms with E-state index < -0.39 is 35.3 Å². The molecule has 12 heteroatoms. The standard InChI is InChI=1S/C24H25F3N6O3/c25-18-10-20(27)19(26)8-15(18)7-17(30-31-28)9-23(35)32-11-14-3-1-2-4-21(14)33(24(36)13-32)12-22(34)29-16-5-6-16/h1-4,8,10,16-17H,5-7,9,11-13H2,(H2,28,30)(H,29,34)/t17-/m1/s1. The van der Waals surface area contributed by atoms with Gasteiger partial charge in [0, 0.05) is 30.8 Å². The Kier molecular flexibility index (Phi) is 7.51. The van der Waals surface area contributed by atoms with Crippen molar-refractivity contribution >= 4 is 23.4 Å². The summed E-state index contributed by atoms with van der Waals surface area (Å²) in [6.45, 7) is -0.377. The van der Waals surface area contributed by atoms with Crippen molar-refractivity contribution in [1.29, 1.82) is 0 Å². The molecule has 36 heavy (non-hydrogen) atoms. The van der Waals surface area contributed by atoms with Crippen molar-refractivity contribution in [3.8, 4) is 0 Å². The fraction of sp³-hybridized carbons (Fsp3) is 0.375. The summed E-state index contributed by atoms with van der Waals surface area (Å²) in [6.07, 6.45) is 1.25. The molecule has 0 bridgehead atoms. The molecule has 2 aromatic rings. The molecule has 0 radical (unpaired) electrons. The first-order valence-electron chi connectivity index (χ1n) is 11.4. The third kappa shape index (κ3) is 5.99. The number of hydrogen-bond donors (Lipinski definition) is 2. The van der Waals surface area contributed by atoms with Crippen LogP contribution in [0.5, 0.6) is 0 Å². The zero-order valence-electron chi connectivity index (χ0n) is 19.3. The van der Waals surface area contributed by atoms with Crippen molar-refractivity contribution in [2.24, 2.45) is 16.2 Å². The third-order valence-electron chi connectivity index (χ3n) is 6.05. The molecule has 0 spiro atoms. The number of hydrogen-bond acceptors (Lipinski definition) is 5. The van der Waals surface area contributed by atoms with Crippen LogP contribution in [-0.2, 0) is 27.3 Å². The van der Waals surface area contributed by atoms with Gasteiger partial charge in [-0.3, -0.25) is 14.4 Å². The Morgan fingerprint density at radius 3 is 2.53 bits per heavy atom. The summed E-state index contributed by atoms with van der Waals surface area (Å²) in [7, 11) is 0. The van der Waals surface area contributed by atoms with Gasteiger partial charge in [-0.25, -0.2) is 13.2 Å². The predicted octanol–water partition coefficient (Wildman–Crippen LogP) is 2.39. The number of carbonyl (C=O) groups excluding carboxylic acids is 3. The lowest BCUT2D eigenvalue weighted by atomic mass is 10.0. The van der Waals surface area contributed by atoms with Crippen LogP contribution in [0.15, 0.2) is 46.7 Å². The molecular formula is C24H25F3N6O3. The van der Waals surface area contributed by atoms with Crippen LogP contribution in [0.2, 0.25) is 0 Å². The van der Waals surface area contributed by atoms with E-state index >= 15 is 0 Å². The largest absolute Gasteiger partial charge is 0.352 e. The number of fused-ring (bicyclic) bond motifs is 1. The van der Waals surface area contributed by atoms with Crippen molar-refractivity contribution in [3.05, 3.63) is 65.0 Å². The SMILES string of the molecule is NN=N[C@@H](CC(=O)N1CC(=O)N(CC(=O)NC2CC2)c2ccccc2C1)Cc1cc(F)c(F)cc1F. The number of rotatable bonds is 8. The van der Waals surface area contributed by atoms with Crippen LogP contribution in [0.1, 0.15) is 30.4 Å². The highest BCUT2D eigenvalue weighted by atomic mass is 19.2. The summed E-state index contributed by atoms with van der Waals surface area (Å²) in [4.78, 5) is 41.4. The molecule has 2 aliphatic rings. The number of nitrogens with zero attached hydrogens (tertiary/aromatic N) is 4. The van der Waals surface area contributed by atoms with Gasteiger partial charge in [-0.05, 0) is 36.1 Å². The van der Waals surface area contributed by atoms with Crippen LogP contribution >= 0.6 is 0 Å². The van der Waals surface area contributed by atoms with Crippen LogP contribution in [0.4, 0.5) is 18.9 Å². The second-order valence-corrected chi connectivity index (χ2v) is 8.85. The molecule has 1 saturated carbocycles. The zero-order chi connectivity index (χ0) is 25.8. The van der Waals surface area contributed by atoms with E-state index in [1.807, 2.05) is 0 Å². The molecule has 0 saturated heterocycles. The monoisotopic (exact) mass is 502 g/mol. The van der Waals surface area contributed by atoms with Crippen molar-refractivity contribution in [1.82, 2.24) is 10.2 Å². The fourth-order valence-corrected chi connectivity index (χ4v) is 4.10. The van der Waals surface area contributed by atoms with Crippen molar-refractivity contribution in [3.63, 3.8) is 0 Å². The lowest BCUT2D eigenvalue weighted by molar-refractivity contribution is -0.136. The van der Waals surface area contributed by atoms with Gasteiger partial charge in [-0.1, -0.05) is 23.4 Å². The van der Waals surface area contributed by atoms with Gasteiger partial charge in [0.2, 0.25) is 17.7 Å². The highest BCUT2D eigenvalue weighted by Gasteiger charge is 2.32. The maximum absolute atomic E-state index is 14.1. The van der Waals surface area contributed by atoms with E-state index in [4.69, 9.17) is 5.84 Å². The Labute approximate surface area is 205 Å². The normalized spacial score (nSPS) is 16.6. The highest BCUT2D eigenvalue weighted by molar-refractivity contribution is 6.02. The molecule has 2 aromatic carbocycles. The topological polar surface area (TPSA) is 120 Å². The maximum Gasteiger partial charge on any atom is 0.247 e. The minimum Gasteiger partial charge on any atom is -0.352 e. The second-order valence-electron chi connectivity index (χ2n) is 8.85. The van der Waals surface area contributed by atoms with Crippen LogP contribution in [-0.4, -0.2) is 47.8 Å². The molecular weight excluding hydrogens is 477 g/mol. The van der Waals surface area contributed by atoms with Gasteiger partial charge in [0.25, 0.3) is 0 Å². The minimum absolute atomic E-state index is 0.0908. The van der Waals surface area contributed by atoms with Gasteiger partial charge in [-0.15, -0.1) is 0 Å². The molecule has 3 amide bonds. The summed E-state index contributed by atoms with van der Waals surface area (Å²) in [5, 5.41) is 9.79. The van der Waals surface area contributed by atoms with Crippen LogP contribution in [0.25, 0.3) is 0 Å². The zero-order valence-corrected chi connectivity index (χ0v) is 19.3. The van der Waals surface area contributed by atoms with Gasteiger partial charge < -0.3 is 21.0 Å². The van der Waals surface area contributed by atoms with E-state index in [1.54, 1.807) is 24.3 Å². The molecule has 190 valence electrons. The molecule has 1 aliphatic carbocycles. The first-order chi connectivity index (χ1) is 17.2. The van der Waals surface area contributed by atoms with E-state index in [0.717, 1.165) is 12.8 Å². The van der Waals surface area contributed by atoms with Crippen LogP contribution in [0, 0.1) is 17.5 Å². The van der Waals surface area contributed by atoms with E-state index in [-0.39, 0.29) is 50.0 Å². The molecule has 0 unspecified atom stereocenters. The van der Waals surface area contributed by atoms with Crippen LogP contribution < -0.4 is 16.1 Å². The number of carbonyl (C=O) groups is 3. The van der Waals surface area contributed by atoms with Crippen molar-refractivity contribution < 1.29 is 27.6 Å². The predicted molar refractivity (Wildman–Crippen MR) is 123 cm³/mol. The lowest BCUT2D eigenvalue weighted by Gasteiger charge is -2.23. The minimum atomic E-state index is -1.33. The van der Waals surface area contributed by atoms with Gasteiger partial charge in [0.05, 0.1) is 12.5 Å². The second kappa shape index (κ2) is 10.8. The Balaban J connectivity index is 1.50. The molecule has 1 heterocycles. The average molecular weight is 502 g/mol. The summed E-state index contributed by atoms with van der Waals surface area (Å²) < 4.78 is 41.0. The summed E-state index contributed by atoms with van der Waals surface area (Å²) >= 11 is 0. The number of nitrogens with two attached hydrogens (primary N) is 1. The Morgan fingerprint density at radius 2 is 1.81 bits per heavy atom. The summed E-state index contributed by atoms with van der Waals surface area (Å²) in [5.74, 6) is 0.376. The van der Waals surface area contributed by atoms with E-state index in [9.17, 15) is 27.6 Å². The lowest BCUT2D eigenvalue weighted by Crippen LogP contribution is -2.45. The number of anilines is 1. The summed E-state index contributed by atoms with van der Waals surface area (Å²) in [6, 6.07) is 7.25.